The Balaban J connectivity index is 2.64. The molecule has 0 spiro atoms. The van der Waals surface area contributed by atoms with Crippen molar-refractivity contribution in [2.75, 3.05) is 6.54 Å². The zero-order chi connectivity index (χ0) is 9.30. The quantitative estimate of drug-likeness (QED) is 0.564. The number of rotatable bonds is 2. The molecule has 1 fully saturated rings. The summed E-state index contributed by atoms with van der Waals surface area (Å²) in [6, 6.07) is -0.838. The molecule has 0 bridgehead atoms. The van der Waals surface area contributed by atoms with E-state index in [-0.39, 0.29) is 18.9 Å². The standard InChI is InChI=1S/C7H11NO4/c1-4(7(11)12)8-3-5(9)2-6(8)10/h4-5,9H,2-3H2,1H3,(H,11,12). The number of hydrogen-bond donors (Lipinski definition) is 2. The number of β-amino-alcohol motifs (C(OH)–C–C–N with tert-alkyl or cyclic N) is 1. The normalized spacial score (nSPS) is 26.0. The molecule has 1 aliphatic rings. The van der Waals surface area contributed by atoms with Crippen molar-refractivity contribution in [1.29, 1.82) is 0 Å². The van der Waals surface area contributed by atoms with Crippen LogP contribution in [-0.2, 0) is 9.59 Å². The van der Waals surface area contributed by atoms with Crippen LogP contribution in [0.5, 0.6) is 0 Å². The van der Waals surface area contributed by atoms with Gasteiger partial charge in [0.15, 0.2) is 0 Å². The predicted molar refractivity (Wildman–Crippen MR) is 39.4 cm³/mol. The number of likely N-dealkylation sites (tertiary alicyclic amines) is 1. The minimum atomic E-state index is -1.04. The van der Waals surface area contributed by atoms with E-state index in [0.717, 1.165) is 0 Å². The Morgan fingerprint density at radius 1 is 1.75 bits per heavy atom. The van der Waals surface area contributed by atoms with Crippen LogP contribution < -0.4 is 0 Å². The third-order valence-corrected chi connectivity index (χ3v) is 1.96. The van der Waals surface area contributed by atoms with Crippen LogP contribution in [0, 0.1) is 0 Å². The van der Waals surface area contributed by atoms with Gasteiger partial charge in [0, 0.05) is 6.54 Å². The summed E-state index contributed by atoms with van der Waals surface area (Å²) in [5.74, 6) is -1.34. The third-order valence-electron chi connectivity index (χ3n) is 1.96. The summed E-state index contributed by atoms with van der Waals surface area (Å²) < 4.78 is 0. The molecule has 68 valence electrons. The highest BCUT2D eigenvalue weighted by atomic mass is 16.4. The minimum Gasteiger partial charge on any atom is -0.480 e. The van der Waals surface area contributed by atoms with Gasteiger partial charge < -0.3 is 15.1 Å². The Hall–Kier alpha value is -1.10. The Kier molecular flexibility index (Phi) is 2.32. The molecular weight excluding hydrogens is 162 g/mol. The monoisotopic (exact) mass is 173 g/mol. The number of carboxylic acids is 1. The molecule has 1 amide bonds. The van der Waals surface area contributed by atoms with Crippen LogP contribution in [0.1, 0.15) is 13.3 Å². The summed E-state index contributed by atoms with van der Waals surface area (Å²) in [5, 5.41) is 17.6. The molecule has 0 saturated carbocycles. The highest BCUT2D eigenvalue weighted by Gasteiger charge is 2.34. The molecule has 1 heterocycles. The van der Waals surface area contributed by atoms with Gasteiger partial charge in [0.1, 0.15) is 6.04 Å². The maximum atomic E-state index is 11.0. The number of aliphatic hydroxyl groups is 1. The van der Waals surface area contributed by atoms with Crippen molar-refractivity contribution in [3.63, 3.8) is 0 Å². The van der Waals surface area contributed by atoms with Gasteiger partial charge in [-0.15, -0.1) is 0 Å². The zero-order valence-corrected chi connectivity index (χ0v) is 6.73. The number of aliphatic hydroxyl groups excluding tert-OH is 1. The van der Waals surface area contributed by atoms with Crippen LogP contribution in [0.2, 0.25) is 0 Å². The second kappa shape index (κ2) is 3.10. The molecule has 1 aliphatic heterocycles. The van der Waals surface area contributed by atoms with Crippen molar-refractivity contribution >= 4 is 11.9 Å². The van der Waals surface area contributed by atoms with Crippen molar-refractivity contribution in [1.82, 2.24) is 4.90 Å². The smallest absolute Gasteiger partial charge is 0.326 e. The molecule has 0 aromatic carbocycles. The lowest BCUT2D eigenvalue weighted by atomic mass is 10.3. The van der Waals surface area contributed by atoms with Crippen LogP contribution >= 0.6 is 0 Å². The number of carboxylic acid groups (broad SMARTS) is 1. The van der Waals surface area contributed by atoms with Gasteiger partial charge in [0.2, 0.25) is 5.91 Å². The molecule has 1 rings (SSSR count). The molecule has 5 heteroatoms. The minimum absolute atomic E-state index is 0.0393. The Labute approximate surface area is 69.6 Å². The number of carbonyl (C=O) groups excluding carboxylic acids is 1. The fourth-order valence-corrected chi connectivity index (χ4v) is 1.22. The van der Waals surface area contributed by atoms with Gasteiger partial charge in [-0.1, -0.05) is 0 Å². The van der Waals surface area contributed by atoms with Gasteiger partial charge in [0.25, 0.3) is 0 Å². The van der Waals surface area contributed by atoms with Crippen molar-refractivity contribution < 1.29 is 19.8 Å². The topological polar surface area (TPSA) is 77.8 Å². The van der Waals surface area contributed by atoms with E-state index in [0.29, 0.717) is 0 Å². The Bertz CT molecular complexity index is 215. The van der Waals surface area contributed by atoms with E-state index in [1.165, 1.54) is 11.8 Å². The molecular formula is C7H11NO4. The van der Waals surface area contributed by atoms with Crippen LogP contribution in [0.4, 0.5) is 0 Å². The second-order valence-electron chi connectivity index (χ2n) is 2.92. The lowest BCUT2D eigenvalue weighted by Crippen LogP contribution is -2.40. The summed E-state index contributed by atoms with van der Waals surface area (Å²) in [5.41, 5.74) is 0. The maximum absolute atomic E-state index is 11.0. The Morgan fingerprint density at radius 3 is 2.67 bits per heavy atom. The van der Waals surface area contributed by atoms with Gasteiger partial charge in [-0.25, -0.2) is 4.79 Å². The van der Waals surface area contributed by atoms with Gasteiger partial charge in [0.05, 0.1) is 12.5 Å². The first-order chi connectivity index (χ1) is 5.52. The number of amides is 1. The molecule has 0 aromatic heterocycles. The van der Waals surface area contributed by atoms with E-state index in [9.17, 15) is 9.59 Å². The van der Waals surface area contributed by atoms with Crippen molar-refractivity contribution in [2.24, 2.45) is 0 Å². The molecule has 0 aromatic rings. The SMILES string of the molecule is CC(C(=O)O)N1CC(O)CC1=O. The first-order valence-electron chi connectivity index (χ1n) is 3.72. The number of nitrogens with zero attached hydrogens (tertiary/aromatic N) is 1. The molecule has 0 aliphatic carbocycles. The maximum Gasteiger partial charge on any atom is 0.326 e. The van der Waals surface area contributed by atoms with Gasteiger partial charge in [-0.05, 0) is 6.92 Å². The summed E-state index contributed by atoms with van der Waals surface area (Å²) in [4.78, 5) is 22.7. The second-order valence-corrected chi connectivity index (χ2v) is 2.92. The number of carbonyl (C=O) groups is 2. The number of hydrogen-bond acceptors (Lipinski definition) is 3. The van der Waals surface area contributed by atoms with E-state index in [1.54, 1.807) is 0 Å². The van der Waals surface area contributed by atoms with E-state index in [4.69, 9.17) is 10.2 Å². The number of aliphatic carboxylic acids is 1. The van der Waals surface area contributed by atoms with E-state index >= 15 is 0 Å². The van der Waals surface area contributed by atoms with Crippen molar-refractivity contribution in [3.05, 3.63) is 0 Å². The average molecular weight is 173 g/mol. The fourth-order valence-electron chi connectivity index (χ4n) is 1.22. The summed E-state index contributed by atoms with van der Waals surface area (Å²) in [6.45, 7) is 1.56. The lowest BCUT2D eigenvalue weighted by molar-refractivity contribution is -0.147. The van der Waals surface area contributed by atoms with Crippen LogP contribution in [-0.4, -0.2) is 45.7 Å². The zero-order valence-electron chi connectivity index (χ0n) is 6.73. The molecule has 2 atom stereocenters. The van der Waals surface area contributed by atoms with Gasteiger partial charge in [-0.3, -0.25) is 4.79 Å². The van der Waals surface area contributed by atoms with E-state index < -0.39 is 18.1 Å². The van der Waals surface area contributed by atoms with Crippen molar-refractivity contribution in [2.45, 2.75) is 25.5 Å². The predicted octanol–water partition coefficient (Wildman–Crippen LogP) is -0.947. The molecule has 5 nitrogen and oxygen atoms in total. The largest absolute Gasteiger partial charge is 0.480 e. The van der Waals surface area contributed by atoms with E-state index in [1.807, 2.05) is 0 Å². The van der Waals surface area contributed by atoms with Gasteiger partial charge in [-0.2, -0.15) is 0 Å². The van der Waals surface area contributed by atoms with Gasteiger partial charge >= 0.3 is 5.97 Å². The summed E-state index contributed by atoms with van der Waals surface area (Å²) in [6.07, 6.45) is -0.670. The average Bonchev–Trinajstić information content (AvgIpc) is 2.28. The van der Waals surface area contributed by atoms with Crippen LogP contribution in [0.3, 0.4) is 0 Å². The lowest BCUT2D eigenvalue weighted by Gasteiger charge is -2.19. The molecule has 1 saturated heterocycles. The van der Waals surface area contributed by atoms with E-state index in [2.05, 4.69) is 0 Å². The molecule has 0 radical (unpaired) electrons. The first-order valence-corrected chi connectivity index (χ1v) is 3.72. The summed E-state index contributed by atoms with van der Waals surface area (Å²) in [7, 11) is 0. The first kappa shape index (κ1) is 8.99. The third kappa shape index (κ3) is 1.55. The van der Waals surface area contributed by atoms with Crippen LogP contribution in [0.15, 0.2) is 0 Å². The highest BCUT2D eigenvalue weighted by Crippen LogP contribution is 2.13. The Morgan fingerprint density at radius 2 is 2.33 bits per heavy atom. The van der Waals surface area contributed by atoms with Crippen molar-refractivity contribution in [3.8, 4) is 0 Å². The fraction of sp³-hybridized carbons (Fsp3) is 0.714. The highest BCUT2D eigenvalue weighted by molar-refractivity contribution is 5.85. The summed E-state index contributed by atoms with van der Waals surface area (Å²) >= 11 is 0. The molecule has 2 N–H and O–H groups in total. The molecule has 12 heavy (non-hydrogen) atoms. The van der Waals surface area contributed by atoms with Crippen LogP contribution in [0.25, 0.3) is 0 Å². The molecule has 2 unspecified atom stereocenters.